The van der Waals surface area contributed by atoms with Gasteiger partial charge in [0.1, 0.15) is 16.9 Å². The van der Waals surface area contributed by atoms with Crippen molar-refractivity contribution in [2.24, 2.45) is 5.92 Å². The molecule has 0 saturated carbocycles. The molecule has 1 saturated heterocycles. The molecule has 5 heteroatoms. The molecule has 2 rings (SSSR count). The molecule has 0 bridgehead atoms. The molecule has 19 heavy (non-hydrogen) atoms. The van der Waals surface area contributed by atoms with Crippen LogP contribution in [0.15, 0.2) is 12.3 Å². The lowest BCUT2D eigenvalue weighted by molar-refractivity contribution is 0.284. The lowest BCUT2D eigenvalue weighted by atomic mass is 9.96. The quantitative estimate of drug-likeness (QED) is 0.851. The largest absolute Gasteiger partial charge is 0.355 e. The summed E-state index contributed by atoms with van der Waals surface area (Å²) in [5, 5.41) is 9.48. The molecule has 0 atom stereocenters. The molecule has 1 aromatic rings. The molecule has 2 heterocycles. The molecular weight excluding hydrogens is 260 g/mol. The van der Waals surface area contributed by atoms with Crippen molar-refractivity contribution in [2.75, 3.05) is 38.6 Å². The van der Waals surface area contributed by atoms with Gasteiger partial charge in [-0.1, -0.05) is 11.6 Å². The van der Waals surface area contributed by atoms with Crippen molar-refractivity contribution < 1.29 is 0 Å². The Kier molecular flexibility index (Phi) is 4.62. The van der Waals surface area contributed by atoms with Gasteiger partial charge in [-0.3, -0.25) is 0 Å². The van der Waals surface area contributed by atoms with Crippen LogP contribution in [-0.2, 0) is 0 Å². The van der Waals surface area contributed by atoms with Gasteiger partial charge in [0, 0.05) is 25.8 Å². The fourth-order valence-electron chi connectivity index (χ4n) is 2.58. The van der Waals surface area contributed by atoms with Gasteiger partial charge in [0.25, 0.3) is 0 Å². The van der Waals surface area contributed by atoms with Gasteiger partial charge in [0.15, 0.2) is 0 Å². The fraction of sp³-hybridized carbons (Fsp3) is 0.571. The van der Waals surface area contributed by atoms with E-state index in [9.17, 15) is 0 Å². The maximum absolute atomic E-state index is 9.00. The molecule has 102 valence electrons. The maximum atomic E-state index is 9.00. The first kappa shape index (κ1) is 14.1. The number of aromatic nitrogens is 1. The molecular formula is C14H19ClN4. The van der Waals surface area contributed by atoms with Crippen molar-refractivity contribution in [1.82, 2.24) is 9.88 Å². The number of halogens is 1. The molecule has 0 N–H and O–H groups in total. The van der Waals surface area contributed by atoms with Crippen LogP contribution < -0.4 is 4.90 Å². The van der Waals surface area contributed by atoms with Gasteiger partial charge in [-0.15, -0.1) is 0 Å². The summed E-state index contributed by atoms with van der Waals surface area (Å²) in [5.74, 6) is 1.49. The Morgan fingerprint density at radius 1 is 1.47 bits per heavy atom. The molecule has 0 amide bonds. The summed E-state index contributed by atoms with van der Waals surface area (Å²) in [6.07, 6.45) is 3.95. The molecule has 1 fully saturated rings. The molecule has 4 nitrogen and oxygen atoms in total. The third kappa shape index (κ3) is 3.37. The molecule has 1 aliphatic heterocycles. The number of nitrogens with zero attached hydrogens (tertiary/aromatic N) is 4. The molecule has 1 aliphatic rings. The van der Waals surface area contributed by atoms with Crippen molar-refractivity contribution in [3.8, 4) is 6.07 Å². The Hall–Kier alpha value is -1.31. The number of hydrogen-bond donors (Lipinski definition) is 0. The highest BCUT2D eigenvalue weighted by Gasteiger charge is 2.22. The third-order valence-electron chi connectivity index (χ3n) is 3.53. The van der Waals surface area contributed by atoms with Crippen molar-refractivity contribution in [1.29, 1.82) is 5.26 Å². The maximum Gasteiger partial charge on any atom is 0.148 e. The van der Waals surface area contributed by atoms with E-state index in [0.717, 1.165) is 44.2 Å². The van der Waals surface area contributed by atoms with E-state index in [1.807, 2.05) is 0 Å². The highest BCUT2D eigenvalue weighted by Crippen LogP contribution is 2.29. The van der Waals surface area contributed by atoms with Crippen LogP contribution in [0.4, 0.5) is 5.82 Å². The summed E-state index contributed by atoms with van der Waals surface area (Å²) in [6.45, 7) is 3.05. The number of nitriles is 1. The van der Waals surface area contributed by atoms with E-state index >= 15 is 0 Å². The van der Waals surface area contributed by atoms with Gasteiger partial charge in [0.05, 0.1) is 5.56 Å². The van der Waals surface area contributed by atoms with Crippen molar-refractivity contribution >= 4 is 17.4 Å². The van der Waals surface area contributed by atoms with Crippen molar-refractivity contribution in [3.63, 3.8) is 0 Å². The smallest absolute Gasteiger partial charge is 0.148 e. The predicted octanol–water partition coefficient (Wildman–Crippen LogP) is 2.38. The average Bonchev–Trinajstić information content (AvgIpc) is 2.39. The summed E-state index contributed by atoms with van der Waals surface area (Å²) in [7, 11) is 4.22. The van der Waals surface area contributed by atoms with Crippen molar-refractivity contribution in [2.45, 2.75) is 12.8 Å². The van der Waals surface area contributed by atoms with Gasteiger partial charge < -0.3 is 9.80 Å². The molecule has 1 aromatic heterocycles. The lowest BCUT2D eigenvalue weighted by Gasteiger charge is -2.34. The van der Waals surface area contributed by atoms with E-state index in [1.165, 1.54) is 0 Å². The number of piperidine rings is 1. The fourth-order valence-corrected chi connectivity index (χ4v) is 2.86. The Morgan fingerprint density at radius 3 is 2.74 bits per heavy atom. The van der Waals surface area contributed by atoms with Crippen LogP contribution in [0.1, 0.15) is 18.4 Å². The summed E-state index contributed by atoms with van der Waals surface area (Å²) in [5.41, 5.74) is 0.502. The van der Waals surface area contributed by atoms with Gasteiger partial charge >= 0.3 is 0 Å². The number of pyridine rings is 1. The second-order valence-electron chi connectivity index (χ2n) is 5.30. The first-order valence-electron chi connectivity index (χ1n) is 6.56. The van der Waals surface area contributed by atoms with E-state index in [1.54, 1.807) is 12.3 Å². The molecule has 0 radical (unpaired) electrons. The number of rotatable bonds is 3. The SMILES string of the molecule is CN(C)CC1CCN(c2nccc(C#N)c2Cl)CC1. The third-order valence-corrected chi connectivity index (χ3v) is 3.90. The highest BCUT2D eigenvalue weighted by atomic mass is 35.5. The van der Waals surface area contributed by atoms with E-state index in [4.69, 9.17) is 16.9 Å². The molecule has 0 unspecified atom stereocenters. The highest BCUT2D eigenvalue weighted by molar-refractivity contribution is 6.34. The van der Waals surface area contributed by atoms with Crippen LogP contribution in [0.25, 0.3) is 0 Å². The Labute approximate surface area is 119 Å². The van der Waals surface area contributed by atoms with Crippen LogP contribution in [0.5, 0.6) is 0 Å². The first-order valence-corrected chi connectivity index (χ1v) is 6.94. The minimum atomic E-state index is 0.482. The standard InChI is InChI=1S/C14H19ClN4/c1-18(2)10-11-4-7-19(8-5-11)14-13(15)12(9-16)3-6-17-14/h3,6,11H,4-5,7-8,10H2,1-2H3. The summed E-state index contributed by atoms with van der Waals surface area (Å²) in [4.78, 5) is 8.76. The molecule has 0 aliphatic carbocycles. The van der Waals surface area contributed by atoms with E-state index in [-0.39, 0.29) is 0 Å². The second-order valence-corrected chi connectivity index (χ2v) is 5.68. The zero-order valence-corrected chi connectivity index (χ0v) is 12.2. The average molecular weight is 279 g/mol. The lowest BCUT2D eigenvalue weighted by Crippen LogP contribution is -2.37. The predicted molar refractivity (Wildman–Crippen MR) is 77.5 cm³/mol. The summed E-state index contributed by atoms with van der Waals surface area (Å²) < 4.78 is 0. The van der Waals surface area contributed by atoms with Gasteiger partial charge in [0.2, 0.25) is 0 Å². The monoisotopic (exact) mass is 278 g/mol. The summed E-state index contributed by atoms with van der Waals surface area (Å²) in [6, 6.07) is 3.76. The van der Waals surface area contributed by atoms with Crippen LogP contribution in [0.2, 0.25) is 5.02 Å². The van der Waals surface area contributed by atoms with Crippen LogP contribution in [-0.4, -0.2) is 43.6 Å². The van der Waals surface area contributed by atoms with Crippen LogP contribution >= 0.6 is 11.6 Å². The number of anilines is 1. The van der Waals surface area contributed by atoms with E-state index < -0.39 is 0 Å². The zero-order chi connectivity index (χ0) is 13.8. The normalized spacial score (nSPS) is 16.7. The molecule has 0 aromatic carbocycles. The Bertz CT molecular complexity index is 473. The number of hydrogen-bond acceptors (Lipinski definition) is 4. The van der Waals surface area contributed by atoms with E-state index in [2.05, 4.69) is 34.9 Å². The first-order chi connectivity index (χ1) is 9.11. The van der Waals surface area contributed by atoms with Gasteiger partial charge in [-0.05, 0) is 38.9 Å². The topological polar surface area (TPSA) is 43.2 Å². The van der Waals surface area contributed by atoms with E-state index in [0.29, 0.717) is 10.6 Å². The molecule has 0 spiro atoms. The Morgan fingerprint density at radius 2 is 2.16 bits per heavy atom. The summed E-state index contributed by atoms with van der Waals surface area (Å²) >= 11 is 6.23. The van der Waals surface area contributed by atoms with Crippen LogP contribution in [0, 0.1) is 17.2 Å². The Balaban J connectivity index is 2.04. The van der Waals surface area contributed by atoms with Gasteiger partial charge in [-0.25, -0.2) is 4.98 Å². The second kappa shape index (κ2) is 6.23. The minimum absolute atomic E-state index is 0.482. The van der Waals surface area contributed by atoms with Crippen molar-refractivity contribution in [3.05, 3.63) is 22.8 Å². The van der Waals surface area contributed by atoms with Crippen LogP contribution in [0.3, 0.4) is 0 Å². The zero-order valence-electron chi connectivity index (χ0n) is 11.4. The minimum Gasteiger partial charge on any atom is -0.355 e. The van der Waals surface area contributed by atoms with Gasteiger partial charge in [-0.2, -0.15) is 5.26 Å².